The molecule has 2 fully saturated rings. The maximum Gasteiger partial charge on any atom is 0.255 e. The quantitative estimate of drug-likeness (QED) is 0.887. The van der Waals surface area contributed by atoms with Crippen LogP contribution in [-0.2, 0) is 9.84 Å². The molecule has 0 saturated carbocycles. The molecule has 0 aromatic heterocycles. The van der Waals surface area contributed by atoms with Crippen molar-refractivity contribution in [1.82, 2.24) is 10.2 Å². The Morgan fingerprint density at radius 2 is 1.83 bits per heavy atom. The molecule has 0 spiro atoms. The van der Waals surface area contributed by atoms with Crippen molar-refractivity contribution in [3.8, 4) is 0 Å². The summed E-state index contributed by atoms with van der Waals surface area (Å²) in [5.74, 6) is 0.934. The molecule has 7 heteroatoms. The van der Waals surface area contributed by atoms with Crippen LogP contribution in [0.3, 0.4) is 0 Å². The van der Waals surface area contributed by atoms with Crippen LogP contribution in [0, 0.1) is 11.8 Å². The minimum absolute atomic E-state index is 0. The van der Waals surface area contributed by atoms with E-state index >= 15 is 0 Å². The molecule has 0 unspecified atom stereocenters. The summed E-state index contributed by atoms with van der Waals surface area (Å²) in [6, 6.07) is 6.60. The molecule has 2 aliphatic rings. The Labute approximate surface area is 143 Å². The van der Waals surface area contributed by atoms with Crippen LogP contribution in [0.2, 0.25) is 0 Å². The van der Waals surface area contributed by atoms with E-state index in [9.17, 15) is 13.2 Å². The first-order valence-corrected chi connectivity index (χ1v) is 9.50. The lowest BCUT2D eigenvalue weighted by atomic mass is 10.0. The molecule has 2 aliphatic heterocycles. The molecule has 5 nitrogen and oxygen atoms in total. The Balaban J connectivity index is 0.00000192. The van der Waals surface area contributed by atoms with Crippen molar-refractivity contribution in [2.24, 2.45) is 11.8 Å². The highest BCUT2D eigenvalue weighted by Crippen LogP contribution is 2.29. The molecule has 1 N–H and O–H groups in total. The highest BCUT2D eigenvalue weighted by atomic mass is 35.5. The van der Waals surface area contributed by atoms with Crippen LogP contribution in [0.15, 0.2) is 29.2 Å². The van der Waals surface area contributed by atoms with E-state index in [2.05, 4.69) is 5.32 Å². The minimum Gasteiger partial charge on any atom is -0.338 e. The molecule has 0 radical (unpaired) electrons. The first kappa shape index (κ1) is 18.2. The molecule has 1 amide bonds. The van der Waals surface area contributed by atoms with Gasteiger partial charge in [-0.05, 0) is 30.4 Å². The molecule has 128 valence electrons. The standard InChI is InChI=1S/C16H22N2O3S.ClH/c1-2-7-22(20,21)15-6-4-3-5-14(15)16(19)18-10-12-8-17-9-13(12)11-18;/h3-6,12-13,17H,2,7-11H2,1H3;1H/t12-,13+;. The lowest BCUT2D eigenvalue weighted by Crippen LogP contribution is -2.32. The maximum atomic E-state index is 12.8. The first-order valence-electron chi connectivity index (χ1n) is 7.84. The smallest absolute Gasteiger partial charge is 0.255 e. The van der Waals surface area contributed by atoms with Crippen LogP contribution in [0.5, 0.6) is 0 Å². The summed E-state index contributed by atoms with van der Waals surface area (Å²) in [5.41, 5.74) is 0.323. The van der Waals surface area contributed by atoms with Gasteiger partial charge in [0.05, 0.1) is 16.2 Å². The van der Waals surface area contributed by atoms with Crippen molar-refractivity contribution in [3.05, 3.63) is 29.8 Å². The van der Waals surface area contributed by atoms with Gasteiger partial charge in [-0.3, -0.25) is 4.79 Å². The zero-order valence-electron chi connectivity index (χ0n) is 13.2. The van der Waals surface area contributed by atoms with Crippen LogP contribution in [-0.4, -0.2) is 51.2 Å². The number of likely N-dealkylation sites (tertiary alicyclic amines) is 1. The van der Waals surface area contributed by atoms with Crippen LogP contribution < -0.4 is 5.32 Å². The zero-order chi connectivity index (χ0) is 15.7. The second-order valence-corrected chi connectivity index (χ2v) is 8.28. The lowest BCUT2D eigenvalue weighted by molar-refractivity contribution is 0.0778. The van der Waals surface area contributed by atoms with Crippen molar-refractivity contribution in [2.75, 3.05) is 31.9 Å². The third kappa shape index (κ3) is 3.54. The van der Waals surface area contributed by atoms with E-state index in [1.807, 2.05) is 11.8 Å². The molecule has 2 atom stereocenters. The van der Waals surface area contributed by atoms with Crippen LogP contribution in [0.25, 0.3) is 0 Å². The summed E-state index contributed by atoms with van der Waals surface area (Å²) in [5, 5.41) is 3.34. The van der Waals surface area contributed by atoms with E-state index in [4.69, 9.17) is 0 Å². The predicted octanol–water partition coefficient (Wildman–Crippen LogP) is 1.58. The summed E-state index contributed by atoms with van der Waals surface area (Å²) in [6.07, 6.45) is 0.546. The average Bonchev–Trinajstić information content (AvgIpc) is 3.07. The van der Waals surface area contributed by atoms with Crippen molar-refractivity contribution in [3.63, 3.8) is 0 Å². The lowest BCUT2D eigenvalue weighted by Gasteiger charge is -2.19. The molecular formula is C16H23ClN2O3S. The SMILES string of the molecule is CCCS(=O)(=O)c1ccccc1C(=O)N1C[C@H]2CNC[C@H]2C1.Cl. The van der Waals surface area contributed by atoms with Gasteiger partial charge < -0.3 is 10.2 Å². The van der Waals surface area contributed by atoms with Gasteiger partial charge in [0, 0.05) is 26.2 Å². The second kappa shape index (κ2) is 7.20. The number of fused-ring (bicyclic) bond motifs is 1. The third-order valence-corrected chi connectivity index (χ3v) is 6.57. The van der Waals surface area contributed by atoms with E-state index in [0.717, 1.165) is 26.2 Å². The van der Waals surface area contributed by atoms with Crippen LogP contribution in [0.1, 0.15) is 23.7 Å². The predicted molar refractivity (Wildman–Crippen MR) is 91.8 cm³/mol. The Bertz CT molecular complexity index is 666. The Hall–Kier alpha value is -1.11. The van der Waals surface area contributed by atoms with Gasteiger partial charge in [-0.2, -0.15) is 0 Å². The summed E-state index contributed by atoms with van der Waals surface area (Å²) in [7, 11) is -3.39. The molecule has 1 aromatic carbocycles. The van der Waals surface area contributed by atoms with E-state index in [1.165, 1.54) is 0 Å². The normalized spacial score (nSPS) is 23.4. The number of halogens is 1. The summed E-state index contributed by atoms with van der Waals surface area (Å²) in [4.78, 5) is 14.8. The van der Waals surface area contributed by atoms with Crippen molar-refractivity contribution >= 4 is 28.2 Å². The van der Waals surface area contributed by atoms with E-state index < -0.39 is 9.84 Å². The fourth-order valence-corrected chi connectivity index (χ4v) is 5.02. The third-order valence-electron chi connectivity index (χ3n) is 4.60. The van der Waals surface area contributed by atoms with Gasteiger partial charge in [0.1, 0.15) is 0 Å². The average molecular weight is 359 g/mol. The fraction of sp³-hybridized carbons (Fsp3) is 0.562. The number of sulfone groups is 1. The number of carbonyl (C=O) groups is 1. The molecule has 23 heavy (non-hydrogen) atoms. The molecule has 0 bridgehead atoms. The van der Waals surface area contributed by atoms with Gasteiger partial charge in [0.15, 0.2) is 9.84 Å². The highest BCUT2D eigenvalue weighted by Gasteiger charge is 2.39. The Kier molecular flexibility index (Phi) is 5.70. The minimum atomic E-state index is -3.39. The number of nitrogens with zero attached hydrogens (tertiary/aromatic N) is 1. The van der Waals surface area contributed by atoms with E-state index in [-0.39, 0.29) is 29.0 Å². The fourth-order valence-electron chi connectivity index (χ4n) is 3.48. The molecule has 2 heterocycles. The molecule has 0 aliphatic carbocycles. The van der Waals surface area contributed by atoms with Crippen LogP contribution in [0.4, 0.5) is 0 Å². The maximum absolute atomic E-state index is 12.8. The monoisotopic (exact) mass is 358 g/mol. The summed E-state index contributed by atoms with van der Waals surface area (Å²) < 4.78 is 24.8. The zero-order valence-corrected chi connectivity index (χ0v) is 14.8. The number of rotatable bonds is 4. The largest absolute Gasteiger partial charge is 0.338 e. The number of amides is 1. The van der Waals surface area contributed by atoms with Crippen LogP contribution >= 0.6 is 12.4 Å². The number of hydrogen-bond acceptors (Lipinski definition) is 4. The number of carbonyl (C=O) groups excluding carboxylic acids is 1. The van der Waals surface area contributed by atoms with Crippen molar-refractivity contribution in [1.29, 1.82) is 0 Å². The highest BCUT2D eigenvalue weighted by molar-refractivity contribution is 7.91. The van der Waals surface area contributed by atoms with Gasteiger partial charge >= 0.3 is 0 Å². The number of hydrogen-bond donors (Lipinski definition) is 1. The summed E-state index contributed by atoms with van der Waals surface area (Å²) >= 11 is 0. The summed E-state index contributed by atoms with van der Waals surface area (Å²) in [6.45, 7) is 5.17. The van der Waals surface area contributed by atoms with Gasteiger partial charge in [-0.1, -0.05) is 19.1 Å². The second-order valence-electron chi connectivity index (χ2n) is 6.20. The van der Waals surface area contributed by atoms with E-state index in [1.54, 1.807) is 24.3 Å². The van der Waals surface area contributed by atoms with Crippen molar-refractivity contribution < 1.29 is 13.2 Å². The Morgan fingerprint density at radius 3 is 2.43 bits per heavy atom. The Morgan fingerprint density at radius 1 is 1.22 bits per heavy atom. The molecule has 2 saturated heterocycles. The number of nitrogens with one attached hydrogen (secondary N) is 1. The molecular weight excluding hydrogens is 336 g/mol. The van der Waals surface area contributed by atoms with Gasteiger partial charge in [0.25, 0.3) is 5.91 Å². The van der Waals surface area contributed by atoms with Crippen molar-refractivity contribution in [2.45, 2.75) is 18.2 Å². The number of benzene rings is 1. The molecule has 3 rings (SSSR count). The van der Waals surface area contributed by atoms with Gasteiger partial charge in [-0.15, -0.1) is 12.4 Å². The molecule has 1 aromatic rings. The van der Waals surface area contributed by atoms with Gasteiger partial charge in [0.2, 0.25) is 0 Å². The van der Waals surface area contributed by atoms with Gasteiger partial charge in [-0.25, -0.2) is 8.42 Å². The first-order chi connectivity index (χ1) is 10.5. The van der Waals surface area contributed by atoms with E-state index in [0.29, 0.717) is 23.8 Å². The topological polar surface area (TPSA) is 66.5 Å².